The number of likely N-dealkylation sites (tertiary alicyclic amines) is 1. The maximum Gasteiger partial charge on any atom is 0.274 e. The van der Waals surface area contributed by atoms with Crippen molar-refractivity contribution >= 4 is 28.8 Å². The van der Waals surface area contributed by atoms with E-state index in [9.17, 15) is 9.59 Å². The predicted molar refractivity (Wildman–Crippen MR) is 131 cm³/mol. The zero-order chi connectivity index (χ0) is 25.4. The number of carbonyl (C=O) groups excluding carboxylic acids is 2. The second-order valence-electron chi connectivity index (χ2n) is 9.31. The summed E-state index contributed by atoms with van der Waals surface area (Å²) in [7, 11) is 6.10. The number of fused-ring (bicyclic) bond motifs is 2. The number of aryl methyl sites for hydroxylation is 1. The van der Waals surface area contributed by atoms with Crippen LogP contribution >= 0.6 is 0 Å². The molecule has 1 saturated heterocycles. The van der Waals surface area contributed by atoms with Gasteiger partial charge in [0.2, 0.25) is 11.5 Å². The van der Waals surface area contributed by atoms with E-state index in [4.69, 9.17) is 19.0 Å². The minimum Gasteiger partial charge on any atom is -0.493 e. The van der Waals surface area contributed by atoms with Gasteiger partial charge in [0.1, 0.15) is 12.8 Å². The Labute approximate surface area is 206 Å². The first-order valence-corrected chi connectivity index (χ1v) is 11.6. The maximum absolute atomic E-state index is 13.8. The number of H-pyrrole nitrogens is 2. The predicted octanol–water partition coefficient (Wildman–Crippen LogP) is 3.30. The van der Waals surface area contributed by atoms with E-state index in [0.717, 1.165) is 34.3 Å². The molecule has 1 saturated carbocycles. The molecule has 2 aliphatic carbocycles. The Morgan fingerprint density at radius 2 is 1.92 bits per heavy atom. The summed E-state index contributed by atoms with van der Waals surface area (Å²) >= 11 is 0. The molecule has 6 rings (SSSR count). The highest BCUT2D eigenvalue weighted by atomic mass is 16.6. The molecule has 10 heteroatoms. The fraction of sp³-hybridized carbons (Fsp3) is 0.346. The van der Waals surface area contributed by atoms with Crippen molar-refractivity contribution in [3.8, 4) is 17.2 Å². The van der Waals surface area contributed by atoms with E-state index in [1.807, 2.05) is 6.92 Å². The van der Waals surface area contributed by atoms with Crippen molar-refractivity contribution in [2.24, 2.45) is 11.1 Å². The number of benzene rings is 1. The van der Waals surface area contributed by atoms with Gasteiger partial charge in [-0.15, -0.1) is 0 Å². The highest BCUT2D eigenvalue weighted by Crippen LogP contribution is 2.67. The van der Waals surface area contributed by atoms with E-state index >= 15 is 0 Å². The van der Waals surface area contributed by atoms with Crippen LogP contribution in [0, 0.1) is 12.8 Å². The lowest BCUT2D eigenvalue weighted by Gasteiger charge is -2.28. The van der Waals surface area contributed by atoms with Crippen molar-refractivity contribution in [2.75, 3.05) is 35.0 Å². The number of amides is 1. The van der Waals surface area contributed by atoms with E-state index in [2.05, 4.69) is 15.1 Å². The van der Waals surface area contributed by atoms with Crippen LogP contribution in [0.15, 0.2) is 29.1 Å². The molecule has 186 valence electrons. The Kier molecular flexibility index (Phi) is 4.73. The number of carbonyl (C=O) groups is 2. The van der Waals surface area contributed by atoms with Gasteiger partial charge in [0.15, 0.2) is 11.5 Å². The summed E-state index contributed by atoms with van der Waals surface area (Å²) in [4.78, 5) is 40.0. The topological polar surface area (TPSA) is 118 Å². The van der Waals surface area contributed by atoms with Crippen LogP contribution < -0.4 is 14.2 Å². The number of aromatic amines is 2. The van der Waals surface area contributed by atoms with Gasteiger partial charge in [-0.05, 0) is 31.4 Å². The molecule has 0 radical (unpaired) electrons. The third-order valence-electron chi connectivity index (χ3n) is 7.63. The number of piperidine rings is 1. The molecule has 0 unspecified atom stereocenters. The number of nitrogens with zero attached hydrogens (tertiary/aromatic N) is 2. The first-order chi connectivity index (χ1) is 17.4. The van der Waals surface area contributed by atoms with E-state index < -0.39 is 0 Å². The number of ketones is 1. The number of allylic oxidation sites excluding steroid dienone is 2. The lowest BCUT2D eigenvalue weighted by atomic mass is 9.83. The van der Waals surface area contributed by atoms with Crippen LogP contribution in [0.3, 0.4) is 0 Å². The molecule has 2 N–H and O–H groups in total. The molecule has 10 nitrogen and oxygen atoms in total. The molecule has 1 spiro atoms. The Bertz CT molecular complexity index is 1510. The lowest BCUT2D eigenvalue weighted by molar-refractivity contribution is 0.0806. The highest BCUT2D eigenvalue weighted by Gasteiger charge is 2.68. The molecule has 0 bridgehead atoms. The third-order valence-corrected chi connectivity index (χ3v) is 7.63. The van der Waals surface area contributed by atoms with Gasteiger partial charge in [-0.2, -0.15) is 0 Å². The average Bonchev–Trinajstić information content (AvgIpc) is 3.14. The molecule has 1 aliphatic heterocycles. The summed E-state index contributed by atoms with van der Waals surface area (Å²) in [5.74, 6) is 1.26. The van der Waals surface area contributed by atoms with Crippen molar-refractivity contribution in [3.63, 3.8) is 0 Å². The highest BCUT2D eigenvalue weighted by molar-refractivity contribution is 6.11. The van der Waals surface area contributed by atoms with Crippen LogP contribution in [-0.4, -0.2) is 67.8 Å². The van der Waals surface area contributed by atoms with E-state index in [0.29, 0.717) is 40.7 Å². The second-order valence-corrected chi connectivity index (χ2v) is 9.31. The summed E-state index contributed by atoms with van der Waals surface area (Å²) < 4.78 is 16.5. The number of ether oxygens (including phenoxy) is 3. The summed E-state index contributed by atoms with van der Waals surface area (Å²) in [6.45, 7) is 2.44. The SMILES string of the molecule is CO/N=C/c1c(C)[nH]c2c1[C@@]13C[C@@H]1CN(C(=O)c1cc4cc(OC)c(OC)c(OC)c4[nH]1)C3=CC2=O. The quantitative estimate of drug-likeness (QED) is 0.404. The summed E-state index contributed by atoms with van der Waals surface area (Å²) in [5, 5.41) is 4.70. The third kappa shape index (κ3) is 2.75. The van der Waals surface area contributed by atoms with Gasteiger partial charge in [0.25, 0.3) is 5.91 Å². The van der Waals surface area contributed by atoms with Gasteiger partial charge < -0.3 is 33.9 Å². The molecule has 3 aromatic rings. The standard InChI is InChI=1S/C26H26N4O6/c1-12-15(10-27-36-5)20-22(28-12)17(31)8-19-26(20)9-14(26)11-30(19)25(32)16-6-13-7-18(33-2)23(34-3)24(35-4)21(13)29-16/h6-8,10,14,28-29H,9,11H2,1-5H3/b27-10+/t14-,26+/m1/s1. The molecule has 3 aliphatic rings. The van der Waals surface area contributed by atoms with E-state index in [-0.39, 0.29) is 23.0 Å². The molecule has 2 atom stereocenters. The minimum absolute atomic E-state index is 0.149. The van der Waals surface area contributed by atoms with Gasteiger partial charge in [-0.3, -0.25) is 9.59 Å². The molecule has 1 amide bonds. The van der Waals surface area contributed by atoms with Crippen LogP contribution in [0.5, 0.6) is 17.2 Å². The van der Waals surface area contributed by atoms with Crippen molar-refractivity contribution in [1.82, 2.24) is 14.9 Å². The Morgan fingerprint density at radius 1 is 1.14 bits per heavy atom. The van der Waals surface area contributed by atoms with Crippen LogP contribution in [0.2, 0.25) is 0 Å². The van der Waals surface area contributed by atoms with Crippen molar-refractivity contribution in [3.05, 3.63) is 52.1 Å². The van der Waals surface area contributed by atoms with Crippen molar-refractivity contribution in [2.45, 2.75) is 18.8 Å². The Balaban J connectivity index is 1.42. The zero-order valence-corrected chi connectivity index (χ0v) is 20.6. The molecule has 36 heavy (non-hydrogen) atoms. The van der Waals surface area contributed by atoms with Crippen LogP contribution in [0.25, 0.3) is 10.9 Å². The van der Waals surface area contributed by atoms with Crippen LogP contribution in [-0.2, 0) is 10.3 Å². The molecular formula is C26H26N4O6. The fourth-order valence-corrected chi connectivity index (χ4v) is 6.01. The smallest absolute Gasteiger partial charge is 0.274 e. The van der Waals surface area contributed by atoms with Gasteiger partial charge in [0.05, 0.1) is 38.8 Å². The number of methoxy groups -OCH3 is 3. The van der Waals surface area contributed by atoms with Crippen LogP contribution in [0.4, 0.5) is 0 Å². The van der Waals surface area contributed by atoms with Gasteiger partial charge in [0, 0.05) is 45.9 Å². The van der Waals surface area contributed by atoms with Gasteiger partial charge in [-0.25, -0.2) is 0 Å². The molecule has 2 aromatic heterocycles. The molecular weight excluding hydrogens is 464 g/mol. The fourth-order valence-electron chi connectivity index (χ4n) is 6.01. The zero-order valence-electron chi connectivity index (χ0n) is 20.6. The first kappa shape index (κ1) is 22.3. The molecule has 2 fully saturated rings. The average molecular weight is 491 g/mol. The largest absolute Gasteiger partial charge is 0.493 e. The number of aromatic nitrogens is 2. The van der Waals surface area contributed by atoms with Crippen molar-refractivity contribution in [1.29, 1.82) is 0 Å². The second kappa shape index (κ2) is 7.64. The monoisotopic (exact) mass is 490 g/mol. The number of hydrogen-bond acceptors (Lipinski definition) is 7. The lowest BCUT2D eigenvalue weighted by Crippen LogP contribution is -2.34. The summed E-state index contributed by atoms with van der Waals surface area (Å²) in [6.07, 6.45) is 4.12. The van der Waals surface area contributed by atoms with E-state index in [1.54, 1.807) is 36.4 Å². The first-order valence-electron chi connectivity index (χ1n) is 11.6. The van der Waals surface area contributed by atoms with Crippen LogP contribution in [0.1, 0.15) is 44.2 Å². The Hall–Kier alpha value is -4.21. The number of hydrogen-bond donors (Lipinski definition) is 2. The number of oxime groups is 1. The molecule has 3 heterocycles. The summed E-state index contributed by atoms with van der Waals surface area (Å²) in [6, 6.07) is 3.57. The molecule has 1 aromatic carbocycles. The van der Waals surface area contributed by atoms with E-state index in [1.165, 1.54) is 21.3 Å². The van der Waals surface area contributed by atoms with Gasteiger partial charge >= 0.3 is 0 Å². The van der Waals surface area contributed by atoms with Crippen molar-refractivity contribution < 1.29 is 28.6 Å². The Morgan fingerprint density at radius 3 is 2.61 bits per heavy atom. The minimum atomic E-state index is -0.380. The maximum atomic E-state index is 13.8. The summed E-state index contributed by atoms with van der Waals surface area (Å²) in [5.41, 5.74) is 4.55. The number of nitrogens with one attached hydrogen (secondary N) is 2. The van der Waals surface area contributed by atoms with Gasteiger partial charge in [-0.1, -0.05) is 5.16 Å². The number of rotatable bonds is 6. The normalized spacial score (nSPS) is 21.8.